The van der Waals surface area contributed by atoms with Gasteiger partial charge in [-0.05, 0) is 50.4 Å². The van der Waals surface area contributed by atoms with Crippen LogP contribution in [0.3, 0.4) is 0 Å². The predicted octanol–water partition coefficient (Wildman–Crippen LogP) is 2.55. The number of aromatic nitrogens is 2. The number of rotatable bonds is 5. The number of hydrogen-bond acceptors (Lipinski definition) is 3. The Morgan fingerprint density at radius 2 is 2.15 bits per heavy atom. The van der Waals surface area contributed by atoms with E-state index in [0.29, 0.717) is 0 Å². The monoisotopic (exact) mass is 272 g/mol. The van der Waals surface area contributed by atoms with E-state index < -0.39 is 0 Å². The Kier molecular flexibility index (Phi) is 4.21. The van der Waals surface area contributed by atoms with Gasteiger partial charge in [0.25, 0.3) is 0 Å². The molecule has 2 aromatic heterocycles. The van der Waals surface area contributed by atoms with Crippen LogP contribution in [0.5, 0.6) is 0 Å². The maximum Gasteiger partial charge on any atom is 0.138 e. The minimum absolute atomic E-state index is 0.833. The van der Waals surface area contributed by atoms with Crippen LogP contribution in [0.2, 0.25) is 0 Å². The zero-order chi connectivity index (χ0) is 13.8. The van der Waals surface area contributed by atoms with Crippen molar-refractivity contribution in [1.82, 2.24) is 14.7 Å². The van der Waals surface area contributed by atoms with Crippen molar-refractivity contribution < 1.29 is 0 Å². The Labute approximate surface area is 120 Å². The zero-order valence-electron chi connectivity index (χ0n) is 12.3. The van der Waals surface area contributed by atoms with Crippen molar-refractivity contribution in [3.05, 3.63) is 30.6 Å². The molecular weight excluding hydrogens is 248 g/mol. The van der Waals surface area contributed by atoms with Gasteiger partial charge in [0.05, 0.1) is 0 Å². The molecule has 0 spiro atoms. The summed E-state index contributed by atoms with van der Waals surface area (Å²) in [6.07, 6.45) is 7.71. The fourth-order valence-corrected chi connectivity index (χ4v) is 3.04. The average molecular weight is 272 g/mol. The highest BCUT2D eigenvalue weighted by molar-refractivity contribution is 5.51. The summed E-state index contributed by atoms with van der Waals surface area (Å²) < 4.78 is 2.19. The third-order valence-corrected chi connectivity index (χ3v) is 4.21. The molecule has 1 aliphatic heterocycles. The van der Waals surface area contributed by atoms with Gasteiger partial charge in [-0.1, -0.05) is 13.0 Å². The van der Waals surface area contributed by atoms with Crippen LogP contribution < -0.4 is 10.2 Å². The first-order valence-electron chi connectivity index (χ1n) is 7.76. The fourth-order valence-electron chi connectivity index (χ4n) is 3.04. The standard InChI is InChI=1S/C16H24N4/c1-2-8-17-13-14-6-10-19(11-7-14)16-5-3-4-15-18-9-12-20(15)16/h3-5,9,12,14,17H,2,6-8,10-11,13H2,1H3. The summed E-state index contributed by atoms with van der Waals surface area (Å²) >= 11 is 0. The lowest BCUT2D eigenvalue weighted by molar-refractivity contribution is 0.382. The number of hydrogen-bond donors (Lipinski definition) is 1. The van der Waals surface area contributed by atoms with Gasteiger partial charge in [-0.2, -0.15) is 0 Å². The lowest BCUT2D eigenvalue weighted by Crippen LogP contribution is -2.38. The van der Waals surface area contributed by atoms with Gasteiger partial charge in [-0.25, -0.2) is 4.98 Å². The molecule has 20 heavy (non-hydrogen) atoms. The first kappa shape index (κ1) is 13.4. The van der Waals surface area contributed by atoms with E-state index in [1.54, 1.807) is 0 Å². The minimum atomic E-state index is 0.833. The summed E-state index contributed by atoms with van der Waals surface area (Å²) in [6.45, 7) is 6.85. The summed E-state index contributed by atoms with van der Waals surface area (Å²) in [7, 11) is 0. The van der Waals surface area contributed by atoms with E-state index in [4.69, 9.17) is 0 Å². The molecule has 3 rings (SSSR count). The largest absolute Gasteiger partial charge is 0.358 e. The van der Waals surface area contributed by atoms with E-state index in [1.165, 1.54) is 31.6 Å². The molecule has 0 aliphatic carbocycles. The van der Waals surface area contributed by atoms with Crippen LogP contribution in [0.1, 0.15) is 26.2 Å². The van der Waals surface area contributed by atoms with Gasteiger partial charge in [0.1, 0.15) is 11.5 Å². The van der Waals surface area contributed by atoms with Crippen LogP contribution in [0.4, 0.5) is 5.82 Å². The molecule has 0 amide bonds. The molecule has 1 saturated heterocycles. The Morgan fingerprint density at radius 1 is 1.30 bits per heavy atom. The molecule has 0 atom stereocenters. The van der Waals surface area contributed by atoms with Gasteiger partial charge in [0.2, 0.25) is 0 Å². The van der Waals surface area contributed by atoms with Crippen molar-refractivity contribution in [3.8, 4) is 0 Å². The Balaban J connectivity index is 1.62. The van der Waals surface area contributed by atoms with Crippen molar-refractivity contribution in [3.63, 3.8) is 0 Å². The fraction of sp³-hybridized carbons (Fsp3) is 0.562. The molecule has 0 unspecified atom stereocenters. The second-order valence-electron chi connectivity index (χ2n) is 5.67. The summed E-state index contributed by atoms with van der Waals surface area (Å²) in [4.78, 5) is 6.86. The molecule has 4 heteroatoms. The number of nitrogens with zero attached hydrogens (tertiary/aromatic N) is 3. The summed E-state index contributed by atoms with van der Waals surface area (Å²) in [5, 5.41) is 3.55. The third kappa shape index (κ3) is 2.80. The molecule has 1 N–H and O–H groups in total. The first-order chi connectivity index (χ1) is 9.88. The minimum Gasteiger partial charge on any atom is -0.358 e. The van der Waals surface area contributed by atoms with Gasteiger partial charge < -0.3 is 10.2 Å². The zero-order valence-corrected chi connectivity index (χ0v) is 12.3. The smallest absolute Gasteiger partial charge is 0.138 e. The highest BCUT2D eigenvalue weighted by atomic mass is 15.2. The Hall–Kier alpha value is -1.55. The molecular formula is C16H24N4. The number of imidazole rings is 1. The van der Waals surface area contributed by atoms with E-state index in [9.17, 15) is 0 Å². The van der Waals surface area contributed by atoms with Crippen molar-refractivity contribution in [2.45, 2.75) is 26.2 Å². The summed E-state index contributed by atoms with van der Waals surface area (Å²) in [5.41, 5.74) is 1.04. The van der Waals surface area contributed by atoms with Gasteiger partial charge in [-0.15, -0.1) is 0 Å². The molecule has 0 bridgehead atoms. The second-order valence-corrected chi connectivity index (χ2v) is 5.67. The normalized spacial score (nSPS) is 16.9. The van der Waals surface area contributed by atoms with Crippen molar-refractivity contribution in [2.75, 3.05) is 31.1 Å². The molecule has 4 nitrogen and oxygen atoms in total. The van der Waals surface area contributed by atoms with Crippen LogP contribution in [0.15, 0.2) is 30.6 Å². The van der Waals surface area contributed by atoms with Crippen molar-refractivity contribution >= 4 is 11.5 Å². The Morgan fingerprint density at radius 3 is 2.95 bits per heavy atom. The molecule has 2 aromatic rings. The topological polar surface area (TPSA) is 32.6 Å². The number of fused-ring (bicyclic) bond motifs is 1. The number of pyridine rings is 1. The summed E-state index contributed by atoms with van der Waals surface area (Å²) in [5.74, 6) is 2.11. The predicted molar refractivity (Wildman–Crippen MR) is 83.3 cm³/mol. The number of nitrogens with one attached hydrogen (secondary N) is 1. The van der Waals surface area contributed by atoms with Crippen LogP contribution in [0, 0.1) is 5.92 Å². The van der Waals surface area contributed by atoms with E-state index in [-0.39, 0.29) is 0 Å². The average Bonchev–Trinajstić information content (AvgIpc) is 2.97. The van der Waals surface area contributed by atoms with E-state index in [0.717, 1.165) is 31.2 Å². The number of piperidine rings is 1. The molecule has 0 aromatic carbocycles. The molecule has 108 valence electrons. The Bertz CT molecular complexity index is 540. The first-order valence-corrected chi connectivity index (χ1v) is 7.76. The highest BCUT2D eigenvalue weighted by Crippen LogP contribution is 2.23. The van der Waals surface area contributed by atoms with Gasteiger partial charge in [-0.3, -0.25) is 4.40 Å². The van der Waals surface area contributed by atoms with E-state index in [2.05, 4.69) is 50.9 Å². The second kappa shape index (κ2) is 6.27. The molecule has 1 aliphatic rings. The third-order valence-electron chi connectivity index (χ3n) is 4.21. The quantitative estimate of drug-likeness (QED) is 0.849. The van der Waals surface area contributed by atoms with Crippen LogP contribution in [-0.4, -0.2) is 35.6 Å². The SMILES string of the molecule is CCCNCC1CCN(c2cccc3nccn23)CC1. The molecule has 3 heterocycles. The van der Waals surface area contributed by atoms with Crippen LogP contribution >= 0.6 is 0 Å². The van der Waals surface area contributed by atoms with Crippen molar-refractivity contribution in [1.29, 1.82) is 0 Å². The highest BCUT2D eigenvalue weighted by Gasteiger charge is 2.20. The van der Waals surface area contributed by atoms with Crippen LogP contribution in [-0.2, 0) is 0 Å². The van der Waals surface area contributed by atoms with Gasteiger partial charge >= 0.3 is 0 Å². The summed E-state index contributed by atoms with van der Waals surface area (Å²) in [6, 6.07) is 6.36. The molecule has 0 radical (unpaired) electrons. The van der Waals surface area contributed by atoms with E-state index >= 15 is 0 Å². The van der Waals surface area contributed by atoms with Crippen LogP contribution in [0.25, 0.3) is 5.65 Å². The lowest BCUT2D eigenvalue weighted by Gasteiger charge is -2.34. The van der Waals surface area contributed by atoms with Gasteiger partial charge in [0, 0.05) is 25.5 Å². The maximum absolute atomic E-state index is 4.37. The van der Waals surface area contributed by atoms with Gasteiger partial charge in [0.15, 0.2) is 0 Å². The van der Waals surface area contributed by atoms with E-state index in [1.807, 2.05) is 6.20 Å². The molecule has 0 saturated carbocycles. The molecule has 1 fully saturated rings. The number of anilines is 1. The van der Waals surface area contributed by atoms with Crippen molar-refractivity contribution in [2.24, 2.45) is 5.92 Å². The lowest BCUT2D eigenvalue weighted by atomic mass is 9.97. The maximum atomic E-state index is 4.37.